The molecule has 212 valence electrons. The number of hydrogen-bond donors (Lipinski definition) is 0. The van der Waals surface area contributed by atoms with E-state index >= 15 is 0 Å². The van der Waals surface area contributed by atoms with Crippen LogP contribution in [0.1, 0.15) is 46.5 Å². The fourth-order valence-electron chi connectivity index (χ4n) is 5.44. The lowest BCUT2D eigenvalue weighted by molar-refractivity contribution is 0.0627. The second kappa shape index (κ2) is 13.4. The Morgan fingerprint density at radius 1 is 0.875 bits per heavy atom. The van der Waals surface area contributed by atoms with E-state index in [2.05, 4.69) is 47.9 Å². The van der Waals surface area contributed by atoms with E-state index in [0.717, 1.165) is 49.6 Å². The van der Waals surface area contributed by atoms with Crippen molar-refractivity contribution in [1.82, 2.24) is 14.7 Å². The summed E-state index contributed by atoms with van der Waals surface area (Å²) in [6.45, 7) is 11.5. The molecule has 3 aromatic carbocycles. The Hall–Kier alpha value is -3.26. The highest BCUT2D eigenvalue weighted by atomic mass is 19.1. The second-order valence-corrected chi connectivity index (χ2v) is 11.0. The van der Waals surface area contributed by atoms with E-state index < -0.39 is 0 Å². The van der Waals surface area contributed by atoms with Gasteiger partial charge in [0.1, 0.15) is 18.2 Å². The van der Waals surface area contributed by atoms with Crippen LogP contribution in [-0.4, -0.2) is 79.2 Å². The topological polar surface area (TPSA) is 45.3 Å². The Kier molecular flexibility index (Phi) is 9.47. The molecule has 0 N–H and O–H groups in total. The van der Waals surface area contributed by atoms with Gasteiger partial charge in [-0.1, -0.05) is 36.4 Å². The molecule has 1 saturated heterocycles. The Morgan fingerprint density at radius 3 is 2.42 bits per heavy atom. The molecule has 1 amide bonds. The molecular weight excluding hydrogens is 505 g/mol. The van der Waals surface area contributed by atoms with Gasteiger partial charge < -0.3 is 14.4 Å². The van der Waals surface area contributed by atoms with E-state index in [1.165, 1.54) is 23.3 Å². The molecule has 40 heavy (non-hydrogen) atoms. The van der Waals surface area contributed by atoms with Gasteiger partial charge in [0.05, 0.1) is 13.2 Å². The Labute approximate surface area is 237 Å². The number of ether oxygens (including phenoxy) is 2. The molecular formula is C33H40FN3O3. The van der Waals surface area contributed by atoms with Crippen LogP contribution in [0, 0.1) is 5.82 Å². The number of hydrogen-bond acceptors (Lipinski definition) is 5. The summed E-state index contributed by atoms with van der Waals surface area (Å²) >= 11 is 0. The van der Waals surface area contributed by atoms with Crippen molar-refractivity contribution in [3.63, 3.8) is 0 Å². The first-order chi connectivity index (χ1) is 19.4. The van der Waals surface area contributed by atoms with Crippen LogP contribution in [0.5, 0.6) is 5.75 Å². The van der Waals surface area contributed by atoms with Crippen molar-refractivity contribution in [2.45, 2.75) is 39.4 Å². The molecule has 2 heterocycles. The maximum Gasteiger partial charge on any atom is 0.253 e. The van der Waals surface area contributed by atoms with Crippen molar-refractivity contribution < 1.29 is 18.7 Å². The van der Waals surface area contributed by atoms with E-state index in [1.54, 1.807) is 0 Å². The molecule has 2 bridgehead atoms. The maximum absolute atomic E-state index is 13.5. The van der Waals surface area contributed by atoms with Crippen molar-refractivity contribution in [3.05, 3.63) is 100 Å². The number of fused-ring (bicyclic) bond motifs is 3. The number of carbonyl (C=O) groups excluding carboxylic acids is 1. The van der Waals surface area contributed by atoms with Gasteiger partial charge in [0.15, 0.2) is 0 Å². The standard InChI is InChI=1S/C33H40FN3O3/c1-25(2)37-16-17-39-18-19-40-32-11-8-29(22-30(32)21-27-4-3-5-28(20-27)24-37)33(38)36-14-12-35(13-15-36)23-26-6-9-31(34)10-7-26/h3-11,20,22,25H,12-19,21,23-24H2,1-2H3. The average molecular weight is 546 g/mol. The summed E-state index contributed by atoms with van der Waals surface area (Å²) < 4.78 is 25.3. The van der Waals surface area contributed by atoms with Crippen LogP contribution in [0.4, 0.5) is 4.39 Å². The first-order valence-electron chi connectivity index (χ1n) is 14.4. The summed E-state index contributed by atoms with van der Waals surface area (Å²) in [5.41, 5.74) is 5.26. The molecule has 1 fully saturated rings. The van der Waals surface area contributed by atoms with Gasteiger partial charge in [-0.3, -0.25) is 14.6 Å². The number of carbonyl (C=O) groups is 1. The quantitative estimate of drug-likeness (QED) is 0.462. The zero-order valence-corrected chi connectivity index (χ0v) is 23.7. The summed E-state index contributed by atoms with van der Waals surface area (Å²) in [5.74, 6) is 0.631. The van der Waals surface area contributed by atoms with E-state index in [1.807, 2.05) is 35.2 Å². The lowest BCUT2D eigenvalue weighted by Gasteiger charge is -2.35. The lowest BCUT2D eigenvalue weighted by atomic mass is 9.99. The number of halogens is 1. The van der Waals surface area contributed by atoms with Crippen LogP contribution >= 0.6 is 0 Å². The molecule has 2 aliphatic rings. The van der Waals surface area contributed by atoms with Crippen molar-refractivity contribution in [2.75, 3.05) is 52.5 Å². The van der Waals surface area contributed by atoms with E-state index in [9.17, 15) is 9.18 Å². The molecule has 0 spiro atoms. The van der Waals surface area contributed by atoms with Gasteiger partial charge in [-0.05, 0) is 66.4 Å². The zero-order chi connectivity index (χ0) is 27.9. The Balaban J connectivity index is 1.29. The number of nitrogens with zero attached hydrogens (tertiary/aromatic N) is 3. The van der Waals surface area contributed by atoms with Crippen molar-refractivity contribution >= 4 is 5.91 Å². The minimum Gasteiger partial charge on any atom is -0.491 e. The number of benzene rings is 3. The molecule has 3 aromatic rings. The largest absolute Gasteiger partial charge is 0.491 e. The van der Waals surface area contributed by atoms with Gasteiger partial charge in [-0.2, -0.15) is 0 Å². The monoisotopic (exact) mass is 545 g/mol. The molecule has 0 unspecified atom stereocenters. The highest BCUT2D eigenvalue weighted by Gasteiger charge is 2.23. The predicted octanol–water partition coefficient (Wildman–Crippen LogP) is 4.99. The van der Waals surface area contributed by atoms with E-state index in [-0.39, 0.29) is 11.7 Å². The Bertz CT molecular complexity index is 1270. The van der Waals surface area contributed by atoms with Crippen LogP contribution in [-0.2, 0) is 24.2 Å². The molecule has 0 atom stereocenters. The molecule has 0 aliphatic carbocycles. The lowest BCUT2D eigenvalue weighted by Crippen LogP contribution is -2.48. The van der Waals surface area contributed by atoms with E-state index in [4.69, 9.17) is 9.47 Å². The van der Waals surface area contributed by atoms with E-state index in [0.29, 0.717) is 50.9 Å². The van der Waals surface area contributed by atoms with Crippen LogP contribution in [0.2, 0.25) is 0 Å². The van der Waals surface area contributed by atoms with Gasteiger partial charge in [0.25, 0.3) is 5.91 Å². The van der Waals surface area contributed by atoms with Crippen molar-refractivity contribution in [3.8, 4) is 5.75 Å². The van der Waals surface area contributed by atoms with Gasteiger partial charge in [0.2, 0.25) is 0 Å². The summed E-state index contributed by atoms with van der Waals surface area (Å²) in [6.07, 6.45) is 0.693. The summed E-state index contributed by atoms with van der Waals surface area (Å²) in [7, 11) is 0. The fraction of sp³-hybridized carbons (Fsp3) is 0.424. The predicted molar refractivity (Wildman–Crippen MR) is 155 cm³/mol. The zero-order valence-electron chi connectivity index (χ0n) is 23.7. The molecule has 0 aromatic heterocycles. The molecule has 2 aliphatic heterocycles. The second-order valence-electron chi connectivity index (χ2n) is 11.0. The van der Waals surface area contributed by atoms with Gasteiger partial charge >= 0.3 is 0 Å². The third kappa shape index (κ3) is 7.47. The fourth-order valence-corrected chi connectivity index (χ4v) is 5.44. The van der Waals surface area contributed by atoms with Crippen LogP contribution < -0.4 is 4.74 Å². The number of amides is 1. The number of rotatable bonds is 4. The minimum absolute atomic E-state index is 0.0493. The van der Waals surface area contributed by atoms with Crippen LogP contribution in [0.25, 0.3) is 0 Å². The summed E-state index contributed by atoms with van der Waals surface area (Å²) in [5, 5.41) is 0. The average Bonchev–Trinajstić information content (AvgIpc) is 2.96. The molecule has 7 heteroatoms. The van der Waals surface area contributed by atoms with Gasteiger partial charge in [0, 0.05) is 63.8 Å². The van der Waals surface area contributed by atoms with Crippen molar-refractivity contribution in [1.29, 1.82) is 0 Å². The number of piperazine rings is 1. The highest BCUT2D eigenvalue weighted by molar-refractivity contribution is 5.94. The Morgan fingerprint density at radius 2 is 1.65 bits per heavy atom. The molecule has 5 rings (SSSR count). The third-order valence-electron chi connectivity index (χ3n) is 7.80. The highest BCUT2D eigenvalue weighted by Crippen LogP contribution is 2.26. The van der Waals surface area contributed by atoms with Gasteiger partial charge in [-0.15, -0.1) is 0 Å². The normalized spacial score (nSPS) is 17.6. The van der Waals surface area contributed by atoms with Crippen LogP contribution in [0.15, 0.2) is 66.7 Å². The first kappa shape index (κ1) is 28.3. The smallest absolute Gasteiger partial charge is 0.253 e. The third-order valence-corrected chi connectivity index (χ3v) is 7.80. The van der Waals surface area contributed by atoms with Crippen molar-refractivity contribution in [2.24, 2.45) is 0 Å². The minimum atomic E-state index is -0.220. The summed E-state index contributed by atoms with van der Waals surface area (Å²) in [6, 6.07) is 21.6. The molecule has 0 radical (unpaired) electrons. The maximum atomic E-state index is 13.5. The molecule has 6 nitrogen and oxygen atoms in total. The van der Waals surface area contributed by atoms with Gasteiger partial charge in [-0.25, -0.2) is 4.39 Å². The first-order valence-corrected chi connectivity index (χ1v) is 14.4. The molecule has 0 saturated carbocycles. The summed E-state index contributed by atoms with van der Waals surface area (Å²) in [4.78, 5) is 20.2. The van der Waals surface area contributed by atoms with Crippen LogP contribution in [0.3, 0.4) is 0 Å². The SMILES string of the molecule is CC(C)N1CCOCCOc2ccc(C(=O)N3CCN(Cc4ccc(F)cc4)CC3)cc2Cc2cccc(c2)C1.